The Bertz CT molecular complexity index is 276. The first kappa shape index (κ1) is 23.4. The van der Waals surface area contributed by atoms with Gasteiger partial charge in [-0.1, -0.05) is 96.8 Å². The van der Waals surface area contributed by atoms with Gasteiger partial charge in [0.05, 0.1) is 6.10 Å². The highest BCUT2D eigenvalue weighted by molar-refractivity contribution is 5.72. The molecule has 0 heterocycles. The van der Waals surface area contributed by atoms with Gasteiger partial charge in [0, 0.05) is 0 Å². The average Bonchev–Trinajstić information content (AvgIpc) is 2.53. The van der Waals surface area contributed by atoms with E-state index >= 15 is 0 Å². The van der Waals surface area contributed by atoms with Crippen molar-refractivity contribution in [2.24, 2.45) is 0 Å². The van der Waals surface area contributed by atoms with Crippen LogP contribution in [0.3, 0.4) is 0 Å². The van der Waals surface area contributed by atoms with Crippen LogP contribution in [0.4, 0.5) is 0 Å². The molecule has 0 spiro atoms. The second kappa shape index (κ2) is 17.3. The van der Waals surface area contributed by atoms with Crippen LogP contribution in [0.5, 0.6) is 0 Å². The van der Waals surface area contributed by atoms with Gasteiger partial charge in [0.15, 0.2) is 6.10 Å². The van der Waals surface area contributed by atoms with Gasteiger partial charge in [-0.3, -0.25) is 0 Å². The van der Waals surface area contributed by atoms with Crippen molar-refractivity contribution in [2.45, 2.75) is 129 Å². The van der Waals surface area contributed by atoms with E-state index in [2.05, 4.69) is 6.92 Å². The Hall–Kier alpha value is -0.570. The number of rotatable bonds is 18. The summed E-state index contributed by atoms with van der Waals surface area (Å²) in [5.74, 6) is -0.821. The van der Waals surface area contributed by atoms with Crippen molar-refractivity contribution in [3.05, 3.63) is 0 Å². The zero-order valence-electron chi connectivity index (χ0n) is 16.5. The smallest absolute Gasteiger partial charge is 0.332 e. The van der Waals surface area contributed by atoms with Gasteiger partial charge >= 0.3 is 5.97 Å². The second-order valence-electron chi connectivity index (χ2n) is 7.40. The van der Waals surface area contributed by atoms with Crippen LogP contribution in [0.25, 0.3) is 0 Å². The van der Waals surface area contributed by atoms with Gasteiger partial charge in [0.1, 0.15) is 0 Å². The Balaban J connectivity index is 3.28. The zero-order valence-corrected chi connectivity index (χ0v) is 16.5. The molecule has 0 aliphatic rings. The first-order valence-corrected chi connectivity index (χ1v) is 10.5. The fraction of sp³-hybridized carbons (Fsp3) is 0.952. The fourth-order valence-electron chi connectivity index (χ4n) is 3.10. The number of hydrogen-bond donors (Lipinski definition) is 1. The van der Waals surface area contributed by atoms with E-state index in [-0.39, 0.29) is 6.10 Å². The molecule has 0 radical (unpaired) electrons. The van der Waals surface area contributed by atoms with Crippen molar-refractivity contribution in [1.29, 1.82) is 0 Å². The van der Waals surface area contributed by atoms with Crippen LogP contribution in [0, 0.1) is 0 Å². The van der Waals surface area contributed by atoms with Crippen molar-refractivity contribution in [1.82, 2.24) is 0 Å². The molecule has 1 N–H and O–H groups in total. The lowest BCUT2D eigenvalue weighted by molar-refractivity contribution is -0.153. The Kier molecular flexibility index (Phi) is 16.8. The summed E-state index contributed by atoms with van der Waals surface area (Å²) in [6.07, 6.45) is 18.5. The predicted octanol–water partition coefficient (Wildman–Crippen LogP) is 6.74. The molecule has 1 unspecified atom stereocenters. The van der Waals surface area contributed by atoms with E-state index in [0.717, 1.165) is 12.8 Å². The van der Waals surface area contributed by atoms with Crippen LogP contribution in [-0.2, 0) is 9.53 Å². The number of carboxylic acids is 1. The van der Waals surface area contributed by atoms with Gasteiger partial charge in [-0.2, -0.15) is 0 Å². The van der Waals surface area contributed by atoms with Crippen molar-refractivity contribution >= 4 is 5.97 Å². The van der Waals surface area contributed by atoms with E-state index in [1.54, 1.807) is 0 Å². The Morgan fingerprint density at radius 1 is 0.750 bits per heavy atom. The minimum Gasteiger partial charge on any atom is -0.479 e. The Morgan fingerprint density at radius 3 is 1.46 bits per heavy atom. The first-order chi connectivity index (χ1) is 11.6. The molecular weight excluding hydrogens is 300 g/mol. The molecule has 0 aliphatic heterocycles. The minimum atomic E-state index is -0.821. The van der Waals surface area contributed by atoms with Gasteiger partial charge in [-0.25, -0.2) is 4.79 Å². The number of hydrogen-bond acceptors (Lipinski definition) is 2. The molecule has 0 rings (SSSR count). The van der Waals surface area contributed by atoms with Gasteiger partial charge in [-0.15, -0.1) is 0 Å². The number of carboxylic acid groups (broad SMARTS) is 1. The van der Waals surface area contributed by atoms with Crippen molar-refractivity contribution in [3.8, 4) is 0 Å². The molecular formula is C21H42O3. The monoisotopic (exact) mass is 342 g/mol. The SMILES string of the molecule is CCCCCCCCCCCCCCCCC(OC(C)C)C(=O)O. The summed E-state index contributed by atoms with van der Waals surface area (Å²) < 4.78 is 5.43. The topological polar surface area (TPSA) is 46.5 Å². The van der Waals surface area contributed by atoms with Crippen molar-refractivity contribution in [3.63, 3.8) is 0 Å². The van der Waals surface area contributed by atoms with E-state index in [1.807, 2.05) is 13.8 Å². The summed E-state index contributed by atoms with van der Waals surface area (Å²) in [4.78, 5) is 11.1. The highest BCUT2D eigenvalue weighted by Gasteiger charge is 2.18. The molecule has 0 aliphatic carbocycles. The molecule has 0 amide bonds. The van der Waals surface area contributed by atoms with Crippen LogP contribution in [-0.4, -0.2) is 23.3 Å². The summed E-state index contributed by atoms with van der Waals surface area (Å²) in [5.41, 5.74) is 0. The summed E-state index contributed by atoms with van der Waals surface area (Å²) in [6, 6.07) is 0. The molecule has 0 aromatic rings. The third-order valence-corrected chi connectivity index (χ3v) is 4.53. The van der Waals surface area contributed by atoms with E-state index in [0.29, 0.717) is 6.42 Å². The van der Waals surface area contributed by atoms with Crippen LogP contribution in [0.2, 0.25) is 0 Å². The molecule has 0 fully saturated rings. The molecule has 0 bridgehead atoms. The molecule has 0 saturated heterocycles. The second-order valence-corrected chi connectivity index (χ2v) is 7.40. The number of unbranched alkanes of at least 4 members (excludes halogenated alkanes) is 13. The van der Waals surface area contributed by atoms with E-state index in [1.165, 1.54) is 77.0 Å². The lowest BCUT2D eigenvalue weighted by Crippen LogP contribution is -2.26. The Morgan fingerprint density at radius 2 is 1.12 bits per heavy atom. The molecule has 0 aromatic heterocycles. The van der Waals surface area contributed by atoms with E-state index < -0.39 is 12.1 Å². The van der Waals surface area contributed by atoms with Gasteiger partial charge in [0.2, 0.25) is 0 Å². The average molecular weight is 343 g/mol. The largest absolute Gasteiger partial charge is 0.479 e. The molecule has 3 heteroatoms. The highest BCUT2D eigenvalue weighted by Crippen LogP contribution is 2.14. The molecule has 3 nitrogen and oxygen atoms in total. The van der Waals surface area contributed by atoms with Crippen LogP contribution >= 0.6 is 0 Å². The lowest BCUT2D eigenvalue weighted by atomic mass is 10.0. The van der Waals surface area contributed by atoms with Gasteiger partial charge < -0.3 is 9.84 Å². The minimum absolute atomic E-state index is 0.0160. The third-order valence-electron chi connectivity index (χ3n) is 4.53. The van der Waals surface area contributed by atoms with Crippen LogP contribution < -0.4 is 0 Å². The lowest BCUT2D eigenvalue weighted by Gasteiger charge is -2.16. The molecule has 24 heavy (non-hydrogen) atoms. The van der Waals surface area contributed by atoms with E-state index in [4.69, 9.17) is 9.84 Å². The molecule has 0 saturated carbocycles. The number of ether oxygens (including phenoxy) is 1. The molecule has 144 valence electrons. The van der Waals surface area contributed by atoms with Gasteiger partial charge in [-0.05, 0) is 20.3 Å². The predicted molar refractivity (Wildman–Crippen MR) is 103 cm³/mol. The summed E-state index contributed by atoms with van der Waals surface area (Å²) >= 11 is 0. The summed E-state index contributed by atoms with van der Waals surface area (Å²) in [5, 5.41) is 9.10. The van der Waals surface area contributed by atoms with Crippen LogP contribution in [0.15, 0.2) is 0 Å². The first-order valence-electron chi connectivity index (χ1n) is 10.5. The quantitative estimate of drug-likeness (QED) is 0.281. The van der Waals surface area contributed by atoms with Gasteiger partial charge in [0.25, 0.3) is 0 Å². The fourth-order valence-corrected chi connectivity index (χ4v) is 3.10. The number of carbonyl (C=O) groups is 1. The van der Waals surface area contributed by atoms with Crippen molar-refractivity contribution in [2.75, 3.05) is 0 Å². The standard InChI is InChI=1S/C21H42O3/c1-4-5-6-7-8-9-10-11-12-13-14-15-16-17-18-20(21(22)23)24-19(2)3/h19-20H,4-18H2,1-3H3,(H,22,23). The zero-order chi connectivity index (χ0) is 18.0. The maximum Gasteiger partial charge on any atom is 0.332 e. The Labute approximate surface area is 150 Å². The maximum absolute atomic E-state index is 11.1. The summed E-state index contributed by atoms with van der Waals surface area (Å²) in [6.45, 7) is 6.05. The summed E-state index contributed by atoms with van der Waals surface area (Å²) in [7, 11) is 0. The number of aliphatic carboxylic acids is 1. The van der Waals surface area contributed by atoms with Crippen molar-refractivity contribution < 1.29 is 14.6 Å². The highest BCUT2D eigenvalue weighted by atomic mass is 16.5. The molecule has 1 atom stereocenters. The third kappa shape index (κ3) is 16.3. The van der Waals surface area contributed by atoms with E-state index in [9.17, 15) is 4.79 Å². The normalized spacial score (nSPS) is 12.7. The van der Waals surface area contributed by atoms with Crippen LogP contribution in [0.1, 0.15) is 117 Å². The molecule has 0 aromatic carbocycles. The maximum atomic E-state index is 11.1.